The summed E-state index contributed by atoms with van der Waals surface area (Å²) in [4.78, 5) is 12.1. The molecule has 0 saturated carbocycles. The monoisotopic (exact) mass is 237 g/mol. The van der Waals surface area contributed by atoms with Gasteiger partial charge in [0, 0.05) is 17.8 Å². The predicted molar refractivity (Wildman–Crippen MR) is 59.8 cm³/mol. The number of carboxylic acid groups (broad SMARTS) is 1. The van der Waals surface area contributed by atoms with Crippen molar-refractivity contribution in [2.24, 2.45) is 0 Å². The van der Waals surface area contributed by atoms with Gasteiger partial charge < -0.3 is 5.11 Å². The molecule has 2 rings (SSSR count). The van der Waals surface area contributed by atoms with Crippen molar-refractivity contribution in [3.8, 4) is 0 Å². The van der Waals surface area contributed by atoms with Crippen molar-refractivity contribution in [2.45, 2.75) is 19.9 Å². The van der Waals surface area contributed by atoms with E-state index >= 15 is 0 Å². The maximum absolute atomic E-state index is 11.0. The number of aromatic carboxylic acids is 1. The Morgan fingerprint density at radius 3 is 3.00 bits per heavy atom. The lowest BCUT2D eigenvalue weighted by Crippen LogP contribution is -2.07. The van der Waals surface area contributed by atoms with Crippen molar-refractivity contribution in [3.05, 3.63) is 33.8 Å². The number of nitrogens with zero attached hydrogens (tertiary/aromatic N) is 3. The second-order valence-corrected chi connectivity index (χ2v) is 4.29. The largest absolute Gasteiger partial charge is 0.476 e. The van der Waals surface area contributed by atoms with Crippen LogP contribution in [0, 0.1) is 0 Å². The molecule has 0 bridgehead atoms. The summed E-state index contributed by atoms with van der Waals surface area (Å²) in [6.45, 7) is 2.54. The fourth-order valence-corrected chi connectivity index (χ4v) is 2.22. The van der Waals surface area contributed by atoms with Crippen LogP contribution >= 0.6 is 11.3 Å². The molecule has 6 heteroatoms. The molecule has 16 heavy (non-hydrogen) atoms. The fraction of sp³-hybridized carbons (Fsp3) is 0.300. The Hall–Kier alpha value is -1.69. The molecule has 0 saturated heterocycles. The maximum Gasteiger partial charge on any atom is 0.358 e. The lowest BCUT2D eigenvalue weighted by molar-refractivity contribution is 0.0689. The van der Waals surface area contributed by atoms with E-state index in [0.29, 0.717) is 18.7 Å². The summed E-state index contributed by atoms with van der Waals surface area (Å²) in [5.41, 5.74) is 0.715. The zero-order chi connectivity index (χ0) is 11.5. The molecule has 0 spiro atoms. The quantitative estimate of drug-likeness (QED) is 0.877. The van der Waals surface area contributed by atoms with Gasteiger partial charge in [0.15, 0.2) is 5.69 Å². The van der Waals surface area contributed by atoms with Crippen molar-refractivity contribution in [2.75, 3.05) is 0 Å². The number of aromatic nitrogens is 3. The van der Waals surface area contributed by atoms with E-state index in [2.05, 4.69) is 10.3 Å². The van der Waals surface area contributed by atoms with Gasteiger partial charge in [-0.05, 0) is 18.4 Å². The Morgan fingerprint density at radius 2 is 2.44 bits per heavy atom. The van der Waals surface area contributed by atoms with Crippen molar-refractivity contribution in [3.63, 3.8) is 0 Å². The Morgan fingerprint density at radius 1 is 1.62 bits per heavy atom. The van der Waals surface area contributed by atoms with Crippen LogP contribution in [0.1, 0.15) is 28.0 Å². The number of hydrogen-bond donors (Lipinski definition) is 1. The van der Waals surface area contributed by atoms with Gasteiger partial charge in [-0.3, -0.25) is 0 Å². The minimum Gasteiger partial charge on any atom is -0.476 e. The molecule has 0 atom stereocenters. The molecule has 0 aliphatic heterocycles. The van der Waals surface area contributed by atoms with E-state index in [4.69, 9.17) is 5.11 Å². The molecule has 1 N–H and O–H groups in total. The zero-order valence-corrected chi connectivity index (χ0v) is 9.57. The molecule has 0 unspecified atom stereocenters. The standard InChI is InChI=1S/C10H11N3O2S/c1-2-13-8(6-7-4-3-5-16-7)9(10(14)15)11-12-13/h3-5H,2,6H2,1H3,(H,14,15). The highest BCUT2D eigenvalue weighted by molar-refractivity contribution is 7.09. The van der Waals surface area contributed by atoms with Crippen molar-refractivity contribution in [1.82, 2.24) is 15.0 Å². The molecule has 0 aliphatic rings. The van der Waals surface area contributed by atoms with Gasteiger partial charge in [-0.25, -0.2) is 9.48 Å². The first-order valence-electron chi connectivity index (χ1n) is 4.90. The number of hydrogen-bond acceptors (Lipinski definition) is 4. The van der Waals surface area contributed by atoms with Crippen LogP contribution in [0.4, 0.5) is 0 Å². The number of thiophene rings is 1. The van der Waals surface area contributed by atoms with Gasteiger partial charge in [-0.15, -0.1) is 16.4 Å². The third-order valence-corrected chi connectivity index (χ3v) is 3.14. The van der Waals surface area contributed by atoms with Crippen LogP contribution in [-0.2, 0) is 13.0 Å². The Labute approximate surface area is 96.3 Å². The second kappa shape index (κ2) is 4.44. The van der Waals surface area contributed by atoms with Crippen LogP contribution in [0.2, 0.25) is 0 Å². The number of rotatable bonds is 4. The molecule has 5 nitrogen and oxygen atoms in total. The summed E-state index contributed by atoms with van der Waals surface area (Å²) < 4.78 is 1.63. The van der Waals surface area contributed by atoms with Gasteiger partial charge in [0.2, 0.25) is 0 Å². The first-order chi connectivity index (χ1) is 7.72. The van der Waals surface area contributed by atoms with Gasteiger partial charge in [0.05, 0.1) is 5.69 Å². The molecule has 2 aromatic rings. The van der Waals surface area contributed by atoms with Crippen LogP contribution in [0.5, 0.6) is 0 Å². The van der Waals surface area contributed by atoms with Gasteiger partial charge in [-0.1, -0.05) is 11.3 Å². The normalized spacial score (nSPS) is 10.6. The van der Waals surface area contributed by atoms with Crippen LogP contribution < -0.4 is 0 Å². The second-order valence-electron chi connectivity index (χ2n) is 3.26. The van der Waals surface area contributed by atoms with E-state index in [1.165, 1.54) is 0 Å². The van der Waals surface area contributed by atoms with Crippen molar-refractivity contribution >= 4 is 17.3 Å². The summed E-state index contributed by atoms with van der Waals surface area (Å²) in [5, 5.41) is 18.5. The van der Waals surface area contributed by atoms with E-state index < -0.39 is 5.97 Å². The third-order valence-electron chi connectivity index (χ3n) is 2.26. The minimum absolute atomic E-state index is 0.0512. The van der Waals surface area contributed by atoms with Crippen LogP contribution in [0.3, 0.4) is 0 Å². The smallest absolute Gasteiger partial charge is 0.358 e. The number of aryl methyl sites for hydroxylation is 1. The summed E-state index contributed by atoms with van der Waals surface area (Å²) in [6, 6.07) is 3.92. The van der Waals surface area contributed by atoms with Crippen LogP contribution in [-0.4, -0.2) is 26.1 Å². The Bertz CT molecular complexity index is 490. The van der Waals surface area contributed by atoms with Gasteiger partial charge in [-0.2, -0.15) is 0 Å². The van der Waals surface area contributed by atoms with Crippen molar-refractivity contribution in [1.29, 1.82) is 0 Å². The molecular formula is C10H11N3O2S. The average Bonchev–Trinajstić information content (AvgIpc) is 2.87. The molecule has 0 fully saturated rings. The number of carbonyl (C=O) groups is 1. The van der Waals surface area contributed by atoms with E-state index in [-0.39, 0.29) is 5.69 Å². The minimum atomic E-state index is -1.02. The first-order valence-corrected chi connectivity index (χ1v) is 5.78. The molecule has 2 aromatic heterocycles. The highest BCUT2D eigenvalue weighted by atomic mass is 32.1. The van der Waals surface area contributed by atoms with Gasteiger partial charge >= 0.3 is 5.97 Å². The lowest BCUT2D eigenvalue weighted by atomic mass is 10.2. The lowest BCUT2D eigenvalue weighted by Gasteiger charge is -2.02. The fourth-order valence-electron chi connectivity index (χ4n) is 1.51. The summed E-state index contributed by atoms with van der Waals surface area (Å²) in [6.07, 6.45) is 0.570. The maximum atomic E-state index is 11.0. The highest BCUT2D eigenvalue weighted by Gasteiger charge is 2.18. The van der Waals surface area contributed by atoms with E-state index in [1.54, 1.807) is 16.0 Å². The first kappa shape index (κ1) is 10.8. The predicted octanol–water partition coefficient (Wildman–Crippen LogP) is 1.65. The highest BCUT2D eigenvalue weighted by Crippen LogP contribution is 2.16. The van der Waals surface area contributed by atoms with E-state index in [0.717, 1.165) is 4.88 Å². The molecule has 0 aromatic carbocycles. The van der Waals surface area contributed by atoms with Crippen molar-refractivity contribution < 1.29 is 9.90 Å². The van der Waals surface area contributed by atoms with E-state index in [9.17, 15) is 4.79 Å². The molecule has 2 heterocycles. The topological polar surface area (TPSA) is 68.0 Å². The Kier molecular flexibility index (Phi) is 3.00. The number of carboxylic acids is 1. The Balaban J connectivity index is 2.37. The molecule has 0 radical (unpaired) electrons. The molecule has 84 valence electrons. The molecule has 0 amide bonds. The SMILES string of the molecule is CCn1nnc(C(=O)O)c1Cc1cccs1. The summed E-state index contributed by atoms with van der Waals surface area (Å²) in [5.74, 6) is -1.02. The van der Waals surface area contributed by atoms with Crippen LogP contribution in [0.15, 0.2) is 17.5 Å². The van der Waals surface area contributed by atoms with E-state index in [1.807, 2.05) is 24.4 Å². The average molecular weight is 237 g/mol. The van der Waals surface area contributed by atoms with Gasteiger partial charge in [0.1, 0.15) is 0 Å². The van der Waals surface area contributed by atoms with Gasteiger partial charge in [0.25, 0.3) is 0 Å². The van der Waals surface area contributed by atoms with Crippen LogP contribution in [0.25, 0.3) is 0 Å². The summed E-state index contributed by atoms with van der Waals surface area (Å²) in [7, 11) is 0. The molecular weight excluding hydrogens is 226 g/mol. The third kappa shape index (κ3) is 1.96. The molecule has 0 aliphatic carbocycles. The summed E-state index contributed by atoms with van der Waals surface area (Å²) >= 11 is 1.60. The zero-order valence-electron chi connectivity index (χ0n) is 8.75.